The van der Waals surface area contributed by atoms with Crippen LogP contribution in [0.1, 0.15) is 25.7 Å². The molecule has 1 aliphatic carbocycles. The zero-order valence-corrected chi connectivity index (χ0v) is 17.3. The summed E-state index contributed by atoms with van der Waals surface area (Å²) in [7, 11) is 3.24. The molecule has 28 heavy (non-hydrogen) atoms. The van der Waals surface area contributed by atoms with Gasteiger partial charge in [0.2, 0.25) is 5.88 Å². The molecule has 0 radical (unpaired) electrons. The zero-order chi connectivity index (χ0) is 20.1. The smallest absolute Gasteiger partial charge is 0.330 e. The average Bonchev–Trinajstić information content (AvgIpc) is 3.39. The normalized spacial score (nSPS) is 14.1. The largest absolute Gasteiger partial charge is 0.481 e. The Balaban J connectivity index is 1.80. The van der Waals surface area contributed by atoms with E-state index in [-0.39, 0.29) is 17.8 Å². The number of anilines is 2. The summed E-state index contributed by atoms with van der Waals surface area (Å²) in [5, 5.41) is 9.34. The molecule has 1 N–H and O–H groups in total. The second-order valence-electron chi connectivity index (χ2n) is 6.35. The third-order valence-electron chi connectivity index (χ3n) is 4.49. The lowest BCUT2D eigenvalue weighted by Crippen LogP contribution is -2.46. The highest BCUT2D eigenvalue weighted by Crippen LogP contribution is 2.33. The van der Waals surface area contributed by atoms with E-state index in [1.54, 1.807) is 37.5 Å². The molecule has 1 saturated carbocycles. The summed E-state index contributed by atoms with van der Waals surface area (Å²) in [5.74, 6) is -0.426. The number of pyridine rings is 1. The van der Waals surface area contributed by atoms with Gasteiger partial charge in [0.15, 0.2) is 5.13 Å². The predicted octanol–water partition coefficient (Wildman–Crippen LogP) is 3.73. The van der Waals surface area contributed by atoms with E-state index in [9.17, 15) is 9.59 Å². The van der Waals surface area contributed by atoms with E-state index >= 15 is 0 Å². The van der Waals surface area contributed by atoms with Gasteiger partial charge in [0, 0.05) is 19.2 Å². The summed E-state index contributed by atoms with van der Waals surface area (Å²) < 4.78 is 5.88. The average molecular weight is 423 g/mol. The minimum atomic E-state index is -0.885. The van der Waals surface area contributed by atoms with Crippen LogP contribution in [-0.2, 0) is 4.79 Å². The molecule has 0 saturated heterocycles. The molecule has 2 aromatic heterocycles. The Morgan fingerprint density at radius 2 is 2.04 bits per heavy atom. The molecule has 0 bridgehead atoms. The van der Waals surface area contributed by atoms with Gasteiger partial charge in [-0.15, -0.1) is 11.8 Å². The van der Waals surface area contributed by atoms with Crippen LogP contribution >= 0.6 is 23.1 Å². The van der Waals surface area contributed by atoms with E-state index in [1.807, 2.05) is 6.07 Å². The minimum absolute atomic E-state index is 0.0367. The second-order valence-corrected chi connectivity index (χ2v) is 8.64. The molecule has 3 rings (SSSR count). The van der Waals surface area contributed by atoms with Gasteiger partial charge in [0.05, 0.1) is 35.2 Å². The lowest BCUT2D eigenvalue weighted by atomic mass is 10.2. The summed E-state index contributed by atoms with van der Waals surface area (Å²) in [6.45, 7) is 0. The summed E-state index contributed by atoms with van der Waals surface area (Å²) >= 11 is 2.50. The first-order valence-corrected chi connectivity index (χ1v) is 10.7. The van der Waals surface area contributed by atoms with Crippen LogP contribution in [-0.4, -0.2) is 53.0 Å². The van der Waals surface area contributed by atoms with Crippen molar-refractivity contribution in [1.82, 2.24) is 9.97 Å². The van der Waals surface area contributed by atoms with Crippen LogP contribution in [0.25, 0.3) is 0 Å². The van der Waals surface area contributed by atoms with Crippen LogP contribution in [0.4, 0.5) is 15.6 Å². The van der Waals surface area contributed by atoms with Crippen molar-refractivity contribution in [3.8, 4) is 5.88 Å². The number of thiazole rings is 1. The molecule has 0 spiro atoms. The maximum absolute atomic E-state index is 13.3. The number of amides is 2. The molecule has 0 atom stereocenters. The molecule has 10 heteroatoms. The number of methoxy groups -OCH3 is 1. The first kappa shape index (κ1) is 20.4. The number of nitrogens with zero attached hydrogens (tertiary/aromatic N) is 4. The third kappa shape index (κ3) is 4.74. The van der Waals surface area contributed by atoms with Crippen LogP contribution in [0.2, 0.25) is 0 Å². The fraction of sp³-hybridized carbons (Fsp3) is 0.444. The maximum atomic E-state index is 13.3. The topological polar surface area (TPSA) is 95.9 Å². The number of carbonyl (C=O) groups is 2. The van der Waals surface area contributed by atoms with Gasteiger partial charge in [0.25, 0.3) is 0 Å². The van der Waals surface area contributed by atoms with Crippen molar-refractivity contribution in [3.63, 3.8) is 0 Å². The number of carboxylic acid groups (broad SMARTS) is 1. The summed E-state index contributed by atoms with van der Waals surface area (Å²) in [6, 6.07) is 3.52. The van der Waals surface area contributed by atoms with Gasteiger partial charge >= 0.3 is 12.0 Å². The van der Waals surface area contributed by atoms with Crippen molar-refractivity contribution in [3.05, 3.63) is 24.5 Å². The van der Waals surface area contributed by atoms with Crippen LogP contribution in [0.3, 0.4) is 0 Å². The van der Waals surface area contributed by atoms with Gasteiger partial charge in [-0.05, 0) is 18.9 Å². The number of hydrogen-bond donors (Lipinski definition) is 1. The Kier molecular flexibility index (Phi) is 6.74. The van der Waals surface area contributed by atoms with Crippen molar-refractivity contribution in [2.45, 2.75) is 35.9 Å². The van der Waals surface area contributed by atoms with Gasteiger partial charge in [-0.2, -0.15) is 0 Å². The molecule has 8 nitrogen and oxygen atoms in total. The van der Waals surface area contributed by atoms with Crippen LogP contribution in [0.15, 0.2) is 28.7 Å². The number of aromatic nitrogens is 2. The molecule has 0 aliphatic heterocycles. The number of thioether (sulfide) groups is 1. The molecule has 1 aliphatic rings. The van der Waals surface area contributed by atoms with Crippen LogP contribution < -0.4 is 14.5 Å². The Morgan fingerprint density at radius 1 is 1.29 bits per heavy atom. The number of hydrogen-bond acceptors (Lipinski definition) is 7. The number of urea groups is 1. The van der Waals surface area contributed by atoms with E-state index in [1.165, 1.54) is 28.0 Å². The van der Waals surface area contributed by atoms with Gasteiger partial charge < -0.3 is 9.84 Å². The highest BCUT2D eigenvalue weighted by Gasteiger charge is 2.31. The van der Waals surface area contributed by atoms with Gasteiger partial charge in [0.1, 0.15) is 0 Å². The molecule has 0 unspecified atom stereocenters. The summed E-state index contributed by atoms with van der Waals surface area (Å²) in [6.07, 6.45) is 7.33. The van der Waals surface area contributed by atoms with Gasteiger partial charge in [-0.3, -0.25) is 14.6 Å². The van der Waals surface area contributed by atoms with Crippen molar-refractivity contribution in [2.24, 2.45) is 0 Å². The quantitative estimate of drug-likeness (QED) is 0.679. The van der Waals surface area contributed by atoms with E-state index in [0.29, 0.717) is 11.0 Å². The van der Waals surface area contributed by atoms with E-state index < -0.39 is 5.97 Å². The molecule has 0 aromatic carbocycles. The predicted molar refractivity (Wildman–Crippen MR) is 110 cm³/mol. The SMILES string of the molecule is COc1ccc(N(C(=O)N(C)c2ncc(SCC(=O)O)s2)C2CCCC2)cn1. The molecule has 1 fully saturated rings. The number of ether oxygens (including phenoxy) is 1. The number of aliphatic carboxylic acids is 1. The molecular weight excluding hydrogens is 400 g/mol. The van der Waals surface area contributed by atoms with Crippen molar-refractivity contribution < 1.29 is 19.4 Å². The zero-order valence-electron chi connectivity index (χ0n) is 15.7. The fourth-order valence-electron chi connectivity index (χ4n) is 3.12. The number of carbonyl (C=O) groups excluding carboxylic acids is 1. The van der Waals surface area contributed by atoms with Crippen LogP contribution in [0.5, 0.6) is 5.88 Å². The van der Waals surface area contributed by atoms with E-state index in [0.717, 1.165) is 35.6 Å². The van der Waals surface area contributed by atoms with E-state index in [2.05, 4.69) is 9.97 Å². The Hall–Kier alpha value is -2.33. The van der Waals surface area contributed by atoms with Gasteiger partial charge in [-0.1, -0.05) is 24.2 Å². The first-order chi connectivity index (χ1) is 13.5. The highest BCUT2D eigenvalue weighted by molar-refractivity contribution is 8.01. The highest BCUT2D eigenvalue weighted by atomic mass is 32.2. The van der Waals surface area contributed by atoms with Crippen molar-refractivity contribution in [2.75, 3.05) is 29.7 Å². The first-order valence-electron chi connectivity index (χ1n) is 8.87. The van der Waals surface area contributed by atoms with Crippen molar-refractivity contribution >= 4 is 45.9 Å². The molecule has 150 valence electrons. The Labute approximate surface area is 171 Å². The van der Waals surface area contributed by atoms with Crippen molar-refractivity contribution in [1.29, 1.82) is 0 Å². The summed E-state index contributed by atoms with van der Waals surface area (Å²) in [4.78, 5) is 35.9. The van der Waals surface area contributed by atoms with E-state index in [4.69, 9.17) is 9.84 Å². The number of rotatable bonds is 7. The number of carboxylic acids is 1. The Morgan fingerprint density at radius 3 is 2.64 bits per heavy atom. The standard InChI is InChI=1S/C18H22N4O4S2/c1-21(17-20-10-16(28-17)27-11-15(23)24)18(25)22(12-5-3-4-6-12)13-7-8-14(26-2)19-9-13/h7-10,12H,3-6,11H2,1-2H3,(H,23,24). The molecular formula is C18H22N4O4S2. The lowest BCUT2D eigenvalue weighted by Gasteiger charge is -2.31. The van der Waals surface area contributed by atoms with Gasteiger partial charge in [-0.25, -0.2) is 14.8 Å². The van der Waals surface area contributed by atoms with Crippen LogP contribution in [0, 0.1) is 0 Å². The molecule has 2 aromatic rings. The lowest BCUT2D eigenvalue weighted by molar-refractivity contribution is -0.133. The monoisotopic (exact) mass is 422 g/mol. The summed E-state index contributed by atoms with van der Waals surface area (Å²) in [5.41, 5.74) is 0.724. The fourth-order valence-corrected chi connectivity index (χ4v) is 4.76. The third-order valence-corrected chi connectivity index (χ3v) is 6.74. The molecule has 2 heterocycles. The maximum Gasteiger partial charge on any atom is 0.330 e. The molecule has 2 amide bonds. The Bertz CT molecular complexity index is 821. The second kappa shape index (κ2) is 9.24. The minimum Gasteiger partial charge on any atom is -0.481 e.